The zero-order valence-corrected chi connectivity index (χ0v) is 11.7. The molecule has 0 amide bonds. The number of hydrogen-bond acceptors (Lipinski definition) is 5. The fourth-order valence-corrected chi connectivity index (χ4v) is 2.20. The van der Waals surface area contributed by atoms with Crippen LogP contribution < -0.4 is 14.4 Å². The van der Waals surface area contributed by atoms with Crippen molar-refractivity contribution in [1.29, 1.82) is 0 Å². The van der Waals surface area contributed by atoms with Gasteiger partial charge in [0.1, 0.15) is 24.9 Å². The topological polar surface area (TPSA) is 47.5 Å². The highest BCUT2D eigenvalue weighted by Gasteiger charge is 2.12. The van der Waals surface area contributed by atoms with Crippen molar-refractivity contribution in [2.75, 3.05) is 25.2 Å². The maximum atomic E-state index is 5.60. The average molecular weight is 271 g/mol. The van der Waals surface area contributed by atoms with Gasteiger partial charge in [0.15, 0.2) is 11.5 Å². The lowest BCUT2D eigenvalue weighted by atomic mass is 10.2. The second-order valence-electron chi connectivity index (χ2n) is 4.80. The molecule has 0 N–H and O–H groups in total. The average Bonchev–Trinajstić information content (AvgIpc) is 2.47. The van der Waals surface area contributed by atoms with Gasteiger partial charge in [0.05, 0.1) is 0 Å². The Morgan fingerprint density at radius 2 is 1.95 bits per heavy atom. The van der Waals surface area contributed by atoms with Gasteiger partial charge in [-0.1, -0.05) is 6.07 Å². The van der Waals surface area contributed by atoms with Crippen LogP contribution in [-0.2, 0) is 6.54 Å². The van der Waals surface area contributed by atoms with Gasteiger partial charge >= 0.3 is 0 Å². The number of rotatable bonds is 3. The van der Waals surface area contributed by atoms with E-state index in [0.717, 1.165) is 35.2 Å². The number of benzene rings is 1. The molecule has 5 nitrogen and oxygen atoms in total. The molecule has 20 heavy (non-hydrogen) atoms. The Morgan fingerprint density at radius 1 is 1.15 bits per heavy atom. The van der Waals surface area contributed by atoms with Crippen molar-refractivity contribution in [3.05, 3.63) is 41.9 Å². The number of ether oxygens (including phenoxy) is 2. The normalized spacial score (nSPS) is 13.1. The van der Waals surface area contributed by atoms with E-state index in [1.165, 1.54) is 0 Å². The molecule has 2 heterocycles. The van der Waals surface area contributed by atoms with E-state index in [9.17, 15) is 0 Å². The molecule has 2 aromatic rings. The summed E-state index contributed by atoms with van der Waals surface area (Å²) in [7, 11) is 2.01. The standard InChI is InChI=1S/C15H17N3O2/c1-11-16-6-5-15(17-11)18(2)10-12-3-4-13-14(9-12)20-8-7-19-13/h3-6,9H,7-8,10H2,1-2H3. The Morgan fingerprint density at radius 3 is 2.75 bits per heavy atom. The molecule has 0 bridgehead atoms. The smallest absolute Gasteiger partial charge is 0.161 e. The molecule has 1 aromatic heterocycles. The fraction of sp³-hybridized carbons (Fsp3) is 0.333. The van der Waals surface area contributed by atoms with Crippen LogP contribution in [0.4, 0.5) is 5.82 Å². The van der Waals surface area contributed by atoms with Crippen LogP contribution in [-0.4, -0.2) is 30.2 Å². The Bertz CT molecular complexity index is 616. The number of hydrogen-bond donors (Lipinski definition) is 0. The van der Waals surface area contributed by atoms with E-state index in [1.54, 1.807) is 6.20 Å². The molecular weight excluding hydrogens is 254 g/mol. The third-order valence-electron chi connectivity index (χ3n) is 3.18. The van der Waals surface area contributed by atoms with Gasteiger partial charge in [-0.2, -0.15) is 0 Å². The summed E-state index contributed by atoms with van der Waals surface area (Å²) < 4.78 is 11.1. The third-order valence-corrected chi connectivity index (χ3v) is 3.18. The van der Waals surface area contributed by atoms with Crippen LogP contribution in [0.15, 0.2) is 30.5 Å². The number of aryl methyl sites for hydroxylation is 1. The van der Waals surface area contributed by atoms with Gasteiger partial charge in [-0.25, -0.2) is 9.97 Å². The molecule has 0 aliphatic carbocycles. The summed E-state index contributed by atoms with van der Waals surface area (Å²) >= 11 is 0. The molecule has 104 valence electrons. The van der Waals surface area contributed by atoms with E-state index in [4.69, 9.17) is 9.47 Å². The minimum absolute atomic E-state index is 0.609. The molecule has 1 aromatic carbocycles. The summed E-state index contributed by atoms with van der Waals surface area (Å²) in [6.07, 6.45) is 1.78. The van der Waals surface area contributed by atoms with Crippen molar-refractivity contribution in [1.82, 2.24) is 9.97 Å². The van der Waals surface area contributed by atoms with Crippen molar-refractivity contribution < 1.29 is 9.47 Å². The molecule has 0 saturated heterocycles. The van der Waals surface area contributed by atoms with Crippen molar-refractivity contribution in [2.24, 2.45) is 0 Å². The molecular formula is C15H17N3O2. The molecule has 0 spiro atoms. The first kappa shape index (κ1) is 12.7. The zero-order valence-electron chi connectivity index (χ0n) is 11.7. The number of aromatic nitrogens is 2. The van der Waals surface area contributed by atoms with Gasteiger partial charge < -0.3 is 14.4 Å². The lowest BCUT2D eigenvalue weighted by Gasteiger charge is -2.21. The first-order valence-electron chi connectivity index (χ1n) is 6.62. The van der Waals surface area contributed by atoms with E-state index < -0.39 is 0 Å². The highest BCUT2D eigenvalue weighted by Crippen LogP contribution is 2.31. The molecule has 0 atom stereocenters. The highest BCUT2D eigenvalue weighted by atomic mass is 16.6. The van der Waals surface area contributed by atoms with Crippen LogP contribution in [0, 0.1) is 6.92 Å². The lowest BCUT2D eigenvalue weighted by molar-refractivity contribution is 0.171. The Hall–Kier alpha value is -2.30. The van der Waals surface area contributed by atoms with Crippen LogP contribution in [0.3, 0.4) is 0 Å². The molecule has 0 fully saturated rings. The Labute approximate surface area is 118 Å². The van der Waals surface area contributed by atoms with E-state index in [-0.39, 0.29) is 0 Å². The quantitative estimate of drug-likeness (QED) is 0.856. The fourth-order valence-electron chi connectivity index (χ4n) is 2.20. The summed E-state index contributed by atoms with van der Waals surface area (Å²) in [5.74, 6) is 3.32. The van der Waals surface area contributed by atoms with Crippen molar-refractivity contribution >= 4 is 5.82 Å². The van der Waals surface area contributed by atoms with Crippen molar-refractivity contribution in [3.8, 4) is 11.5 Å². The largest absolute Gasteiger partial charge is 0.486 e. The van der Waals surface area contributed by atoms with Crippen LogP contribution >= 0.6 is 0 Å². The van der Waals surface area contributed by atoms with E-state index in [0.29, 0.717) is 13.2 Å². The van der Waals surface area contributed by atoms with Gasteiger partial charge in [0.25, 0.3) is 0 Å². The summed E-state index contributed by atoms with van der Waals surface area (Å²) in [5.41, 5.74) is 1.16. The minimum atomic E-state index is 0.609. The summed E-state index contributed by atoms with van der Waals surface area (Å²) in [4.78, 5) is 10.6. The number of anilines is 1. The van der Waals surface area contributed by atoms with Gasteiger partial charge in [0.2, 0.25) is 0 Å². The highest BCUT2D eigenvalue weighted by molar-refractivity contribution is 5.45. The summed E-state index contributed by atoms with van der Waals surface area (Å²) in [5, 5.41) is 0. The molecule has 1 aliphatic rings. The van der Waals surface area contributed by atoms with Crippen molar-refractivity contribution in [3.63, 3.8) is 0 Å². The Balaban J connectivity index is 1.77. The maximum absolute atomic E-state index is 5.60. The lowest BCUT2D eigenvalue weighted by Crippen LogP contribution is -2.19. The zero-order chi connectivity index (χ0) is 13.9. The molecule has 0 unspecified atom stereocenters. The van der Waals surface area contributed by atoms with Crippen LogP contribution in [0.1, 0.15) is 11.4 Å². The van der Waals surface area contributed by atoms with E-state index in [1.807, 2.05) is 32.2 Å². The minimum Gasteiger partial charge on any atom is -0.486 e. The Kier molecular flexibility index (Phi) is 3.41. The summed E-state index contributed by atoms with van der Waals surface area (Å²) in [6, 6.07) is 7.95. The maximum Gasteiger partial charge on any atom is 0.161 e. The van der Waals surface area contributed by atoms with Gasteiger partial charge in [-0.05, 0) is 30.7 Å². The third kappa shape index (κ3) is 2.66. The van der Waals surface area contributed by atoms with Gasteiger partial charge in [-0.15, -0.1) is 0 Å². The van der Waals surface area contributed by atoms with Crippen LogP contribution in [0.2, 0.25) is 0 Å². The molecule has 3 rings (SSSR count). The predicted octanol–water partition coefficient (Wildman–Crippen LogP) is 2.19. The first-order chi connectivity index (χ1) is 9.72. The van der Waals surface area contributed by atoms with Crippen LogP contribution in [0.5, 0.6) is 11.5 Å². The molecule has 5 heteroatoms. The van der Waals surface area contributed by atoms with Crippen molar-refractivity contribution in [2.45, 2.75) is 13.5 Å². The molecule has 0 saturated carbocycles. The number of fused-ring (bicyclic) bond motifs is 1. The second-order valence-corrected chi connectivity index (χ2v) is 4.80. The number of nitrogens with zero attached hydrogens (tertiary/aromatic N) is 3. The van der Waals surface area contributed by atoms with Gasteiger partial charge in [-0.3, -0.25) is 0 Å². The van der Waals surface area contributed by atoms with E-state index in [2.05, 4.69) is 20.9 Å². The van der Waals surface area contributed by atoms with Gasteiger partial charge in [0, 0.05) is 19.8 Å². The predicted molar refractivity (Wildman–Crippen MR) is 76.3 cm³/mol. The molecule has 0 radical (unpaired) electrons. The molecule has 1 aliphatic heterocycles. The summed E-state index contributed by atoms with van der Waals surface area (Å²) in [6.45, 7) is 3.87. The first-order valence-corrected chi connectivity index (χ1v) is 6.62. The SMILES string of the molecule is Cc1nccc(N(C)Cc2ccc3c(c2)OCCO3)n1. The second kappa shape index (κ2) is 5.36. The van der Waals surface area contributed by atoms with Crippen LogP contribution in [0.25, 0.3) is 0 Å². The van der Waals surface area contributed by atoms with E-state index >= 15 is 0 Å². The monoisotopic (exact) mass is 271 g/mol.